The molecule has 0 atom stereocenters. The maximum Gasteiger partial charge on any atom is 0.321 e. The van der Waals surface area contributed by atoms with Gasteiger partial charge in [-0.1, -0.05) is 18.3 Å². The highest BCUT2D eigenvalue weighted by atomic mass is 32.1. The molecule has 1 aromatic carbocycles. The van der Waals surface area contributed by atoms with E-state index in [0.717, 1.165) is 18.8 Å². The topological polar surface area (TPSA) is 70.8 Å². The molecular formula is C14H20N4O2S. The van der Waals surface area contributed by atoms with E-state index in [1.54, 1.807) is 18.1 Å². The first-order chi connectivity index (χ1) is 10.1. The lowest BCUT2D eigenvalue weighted by Gasteiger charge is -2.34. The third kappa shape index (κ3) is 4.57. The minimum atomic E-state index is -0.0989. The van der Waals surface area contributed by atoms with E-state index in [1.807, 2.05) is 18.2 Å². The minimum absolute atomic E-state index is 0.0989. The van der Waals surface area contributed by atoms with Crippen molar-refractivity contribution in [1.82, 2.24) is 9.80 Å². The number of piperazine rings is 1. The molecule has 1 saturated heterocycles. The molecular weight excluding hydrogens is 288 g/mol. The van der Waals surface area contributed by atoms with Gasteiger partial charge in [0.15, 0.2) is 0 Å². The van der Waals surface area contributed by atoms with Gasteiger partial charge >= 0.3 is 6.03 Å². The zero-order chi connectivity index (χ0) is 15.2. The Morgan fingerprint density at radius 1 is 1.38 bits per heavy atom. The Hall–Kier alpha value is -1.86. The smallest absolute Gasteiger partial charge is 0.321 e. The number of nitrogens with two attached hydrogens (primary N) is 1. The normalized spacial score (nSPS) is 15.6. The number of ether oxygens (including phenoxy) is 1. The quantitative estimate of drug-likeness (QED) is 0.816. The number of urea groups is 1. The number of hydrogen-bond acceptors (Lipinski definition) is 4. The van der Waals surface area contributed by atoms with Crippen LogP contribution in [0.15, 0.2) is 24.3 Å². The molecule has 1 aliphatic heterocycles. The van der Waals surface area contributed by atoms with Crippen molar-refractivity contribution in [2.45, 2.75) is 0 Å². The van der Waals surface area contributed by atoms with Crippen LogP contribution >= 0.6 is 12.2 Å². The standard InChI is InChI=1S/C14H20N4O2S/c1-20-12-4-2-3-11(9-12)16-14(19)18-7-5-17(6-8-18)10-13(15)21/h2-4,9H,5-8,10H2,1H3,(H2,15,21)(H,16,19). The molecule has 0 bridgehead atoms. The molecule has 7 heteroatoms. The van der Waals surface area contributed by atoms with Crippen LogP contribution in [-0.4, -0.2) is 60.7 Å². The summed E-state index contributed by atoms with van der Waals surface area (Å²) in [5, 5.41) is 2.88. The molecule has 1 heterocycles. The summed E-state index contributed by atoms with van der Waals surface area (Å²) in [4.78, 5) is 16.6. The van der Waals surface area contributed by atoms with E-state index in [4.69, 9.17) is 22.7 Å². The van der Waals surface area contributed by atoms with Crippen LogP contribution in [0, 0.1) is 0 Å². The van der Waals surface area contributed by atoms with Crippen molar-refractivity contribution in [3.8, 4) is 5.75 Å². The Labute approximate surface area is 129 Å². The molecule has 0 radical (unpaired) electrons. The predicted molar refractivity (Wildman–Crippen MR) is 86.8 cm³/mol. The predicted octanol–water partition coefficient (Wildman–Crippen LogP) is 1.13. The number of amides is 2. The summed E-state index contributed by atoms with van der Waals surface area (Å²) < 4.78 is 5.14. The fraction of sp³-hybridized carbons (Fsp3) is 0.429. The number of methoxy groups -OCH3 is 1. The van der Waals surface area contributed by atoms with Crippen molar-refractivity contribution in [2.24, 2.45) is 5.73 Å². The summed E-state index contributed by atoms with van der Waals surface area (Å²) in [5.41, 5.74) is 6.26. The van der Waals surface area contributed by atoms with Crippen LogP contribution in [0.1, 0.15) is 0 Å². The van der Waals surface area contributed by atoms with E-state index in [9.17, 15) is 4.79 Å². The van der Waals surface area contributed by atoms with Gasteiger partial charge in [0.05, 0.1) is 12.1 Å². The second-order valence-corrected chi connectivity index (χ2v) is 5.42. The number of anilines is 1. The molecule has 0 spiro atoms. The summed E-state index contributed by atoms with van der Waals surface area (Å²) in [6.07, 6.45) is 0. The molecule has 2 rings (SSSR count). The number of carbonyl (C=O) groups is 1. The summed E-state index contributed by atoms with van der Waals surface area (Å²) in [6, 6.07) is 7.21. The third-order valence-electron chi connectivity index (χ3n) is 3.36. The van der Waals surface area contributed by atoms with Gasteiger partial charge in [0.1, 0.15) is 5.75 Å². The van der Waals surface area contributed by atoms with Crippen LogP contribution in [-0.2, 0) is 0 Å². The summed E-state index contributed by atoms with van der Waals surface area (Å²) in [5.74, 6) is 0.717. The summed E-state index contributed by atoms with van der Waals surface area (Å²) >= 11 is 4.90. The second-order valence-electron chi connectivity index (χ2n) is 4.89. The molecule has 2 amide bonds. The van der Waals surface area contributed by atoms with Crippen molar-refractivity contribution in [1.29, 1.82) is 0 Å². The Morgan fingerprint density at radius 2 is 2.10 bits per heavy atom. The van der Waals surface area contributed by atoms with Crippen molar-refractivity contribution in [3.63, 3.8) is 0 Å². The molecule has 1 aromatic rings. The largest absolute Gasteiger partial charge is 0.497 e. The third-order valence-corrected chi connectivity index (χ3v) is 3.49. The zero-order valence-electron chi connectivity index (χ0n) is 12.0. The van der Waals surface area contributed by atoms with Gasteiger partial charge in [0, 0.05) is 44.5 Å². The van der Waals surface area contributed by atoms with Gasteiger partial charge in [-0.15, -0.1) is 0 Å². The maximum atomic E-state index is 12.2. The molecule has 0 unspecified atom stereocenters. The Bertz CT molecular complexity index is 515. The van der Waals surface area contributed by atoms with Crippen molar-refractivity contribution < 1.29 is 9.53 Å². The van der Waals surface area contributed by atoms with Crippen LogP contribution in [0.25, 0.3) is 0 Å². The lowest BCUT2D eigenvalue weighted by Crippen LogP contribution is -2.51. The minimum Gasteiger partial charge on any atom is -0.497 e. The highest BCUT2D eigenvalue weighted by Crippen LogP contribution is 2.17. The monoisotopic (exact) mass is 308 g/mol. The first-order valence-corrected chi connectivity index (χ1v) is 7.20. The van der Waals surface area contributed by atoms with E-state index in [-0.39, 0.29) is 6.03 Å². The fourth-order valence-corrected chi connectivity index (χ4v) is 2.42. The number of benzene rings is 1. The number of hydrogen-bond donors (Lipinski definition) is 2. The molecule has 6 nitrogen and oxygen atoms in total. The van der Waals surface area contributed by atoms with E-state index in [0.29, 0.717) is 30.4 Å². The molecule has 114 valence electrons. The van der Waals surface area contributed by atoms with Crippen LogP contribution < -0.4 is 15.8 Å². The maximum absolute atomic E-state index is 12.2. The average molecular weight is 308 g/mol. The number of carbonyl (C=O) groups excluding carboxylic acids is 1. The van der Waals surface area contributed by atoms with Crippen LogP contribution in [0.3, 0.4) is 0 Å². The molecule has 0 saturated carbocycles. The Balaban J connectivity index is 1.85. The van der Waals surface area contributed by atoms with E-state index < -0.39 is 0 Å². The lowest BCUT2D eigenvalue weighted by atomic mass is 10.3. The lowest BCUT2D eigenvalue weighted by molar-refractivity contribution is 0.158. The van der Waals surface area contributed by atoms with E-state index >= 15 is 0 Å². The van der Waals surface area contributed by atoms with Gasteiger partial charge in [0.2, 0.25) is 0 Å². The van der Waals surface area contributed by atoms with Crippen LogP contribution in [0.5, 0.6) is 5.75 Å². The highest BCUT2D eigenvalue weighted by Gasteiger charge is 2.21. The van der Waals surface area contributed by atoms with Crippen LogP contribution in [0.2, 0.25) is 0 Å². The van der Waals surface area contributed by atoms with Gasteiger partial charge in [-0.05, 0) is 12.1 Å². The van der Waals surface area contributed by atoms with Gasteiger partial charge < -0.3 is 20.7 Å². The molecule has 1 fully saturated rings. The molecule has 21 heavy (non-hydrogen) atoms. The number of nitrogens with one attached hydrogen (secondary N) is 1. The summed E-state index contributed by atoms with van der Waals surface area (Å²) in [7, 11) is 1.60. The first kappa shape index (κ1) is 15.5. The summed E-state index contributed by atoms with van der Waals surface area (Å²) in [6.45, 7) is 3.50. The average Bonchev–Trinajstić information content (AvgIpc) is 2.47. The molecule has 0 aromatic heterocycles. The van der Waals surface area contributed by atoms with Gasteiger partial charge in [-0.3, -0.25) is 4.90 Å². The highest BCUT2D eigenvalue weighted by molar-refractivity contribution is 7.80. The van der Waals surface area contributed by atoms with Gasteiger partial charge in [-0.25, -0.2) is 4.79 Å². The second kappa shape index (κ2) is 7.24. The number of nitrogens with zero attached hydrogens (tertiary/aromatic N) is 2. The number of rotatable bonds is 4. The molecule has 0 aliphatic carbocycles. The van der Waals surface area contributed by atoms with Crippen molar-refractivity contribution in [2.75, 3.05) is 45.2 Å². The van der Waals surface area contributed by atoms with Gasteiger partial charge in [0.25, 0.3) is 0 Å². The number of thiocarbonyl (C=S) groups is 1. The fourth-order valence-electron chi connectivity index (χ4n) is 2.23. The van der Waals surface area contributed by atoms with Crippen molar-refractivity contribution >= 4 is 28.9 Å². The SMILES string of the molecule is COc1cccc(NC(=O)N2CCN(CC(N)=S)CC2)c1. The molecule has 3 N–H and O–H groups in total. The van der Waals surface area contributed by atoms with E-state index in [1.165, 1.54) is 0 Å². The Kier molecular flexibility index (Phi) is 5.35. The molecule has 1 aliphatic rings. The zero-order valence-corrected chi connectivity index (χ0v) is 12.9. The Morgan fingerprint density at radius 3 is 2.71 bits per heavy atom. The van der Waals surface area contributed by atoms with E-state index in [2.05, 4.69) is 10.2 Å². The van der Waals surface area contributed by atoms with Crippen LogP contribution in [0.4, 0.5) is 10.5 Å². The van der Waals surface area contributed by atoms with Crippen molar-refractivity contribution in [3.05, 3.63) is 24.3 Å². The van der Waals surface area contributed by atoms with Gasteiger partial charge in [-0.2, -0.15) is 0 Å². The first-order valence-electron chi connectivity index (χ1n) is 6.79.